The van der Waals surface area contributed by atoms with Gasteiger partial charge in [0.2, 0.25) is 5.95 Å². The first-order chi connectivity index (χ1) is 21.8. The van der Waals surface area contributed by atoms with E-state index < -0.39 is 0 Å². The molecule has 0 saturated heterocycles. The molecule has 4 heteroatoms. The van der Waals surface area contributed by atoms with Crippen LogP contribution in [0.15, 0.2) is 146 Å². The van der Waals surface area contributed by atoms with Gasteiger partial charge in [-0.25, -0.2) is 9.97 Å². The van der Waals surface area contributed by atoms with E-state index in [4.69, 9.17) is 9.97 Å². The third kappa shape index (κ3) is 4.03. The summed E-state index contributed by atoms with van der Waals surface area (Å²) in [6.45, 7) is 0. The molecule has 3 nitrogen and oxygen atoms in total. The first-order valence-electron chi connectivity index (χ1n) is 15.0. The molecule has 1 aliphatic carbocycles. The quantitative estimate of drug-likeness (QED) is 0.207. The fourth-order valence-corrected chi connectivity index (χ4v) is 8.14. The second kappa shape index (κ2) is 10.1. The van der Waals surface area contributed by atoms with Gasteiger partial charge in [-0.15, -0.1) is 11.3 Å². The standard InChI is InChI=1S/C40H27N3S/c1-4-12-26(13-5-1)29-20-21-32-36(24-29)43(35-23-22-31-30-18-10-11-19-37(30)44-39(31)38(32)35)40-41-33(27-14-6-2-7-15-27)25-34(42-40)28-16-8-3-9-17-28/h1-25,35,38H. The van der Waals surface area contributed by atoms with Crippen LogP contribution < -0.4 is 4.90 Å². The van der Waals surface area contributed by atoms with E-state index in [9.17, 15) is 0 Å². The monoisotopic (exact) mass is 581 g/mol. The summed E-state index contributed by atoms with van der Waals surface area (Å²) in [6, 6.07) is 49.4. The second-order valence-electron chi connectivity index (χ2n) is 11.4. The highest BCUT2D eigenvalue weighted by molar-refractivity contribution is 7.19. The highest BCUT2D eigenvalue weighted by Crippen LogP contribution is 2.55. The Bertz CT molecular complexity index is 2130. The molecule has 0 fully saturated rings. The maximum absolute atomic E-state index is 5.29. The number of hydrogen-bond donors (Lipinski definition) is 0. The van der Waals surface area contributed by atoms with Gasteiger partial charge in [0, 0.05) is 32.3 Å². The molecule has 1 aliphatic heterocycles. The number of fused-ring (bicyclic) bond motifs is 7. The van der Waals surface area contributed by atoms with Crippen LogP contribution >= 0.6 is 11.3 Å². The van der Waals surface area contributed by atoms with Gasteiger partial charge in [-0.2, -0.15) is 0 Å². The van der Waals surface area contributed by atoms with Gasteiger partial charge in [0.15, 0.2) is 0 Å². The molecule has 3 heterocycles. The van der Waals surface area contributed by atoms with E-state index in [1.165, 1.54) is 42.9 Å². The van der Waals surface area contributed by atoms with Crippen molar-refractivity contribution in [3.8, 4) is 33.6 Å². The van der Waals surface area contributed by atoms with Crippen LogP contribution in [0.4, 0.5) is 11.6 Å². The van der Waals surface area contributed by atoms with Gasteiger partial charge in [0.1, 0.15) is 0 Å². The predicted octanol–water partition coefficient (Wildman–Crippen LogP) is 10.4. The Morgan fingerprint density at radius 2 is 1.18 bits per heavy atom. The molecule has 7 aromatic rings. The lowest BCUT2D eigenvalue weighted by molar-refractivity contribution is 0.723. The Morgan fingerprint density at radius 3 is 1.86 bits per heavy atom. The lowest BCUT2D eigenvalue weighted by Gasteiger charge is -2.29. The molecular formula is C40H27N3S. The van der Waals surface area contributed by atoms with Crippen LogP contribution in [0.3, 0.4) is 0 Å². The molecule has 2 atom stereocenters. The zero-order chi connectivity index (χ0) is 29.0. The number of rotatable bonds is 4. The summed E-state index contributed by atoms with van der Waals surface area (Å²) in [6.07, 6.45) is 4.70. The van der Waals surface area contributed by atoms with Gasteiger partial charge in [-0.1, -0.05) is 133 Å². The third-order valence-electron chi connectivity index (χ3n) is 8.85. The molecular weight excluding hydrogens is 555 g/mol. The molecule has 5 aromatic carbocycles. The van der Waals surface area contributed by atoms with Crippen LogP contribution in [0.1, 0.15) is 21.9 Å². The summed E-state index contributed by atoms with van der Waals surface area (Å²) in [5, 5.41) is 1.33. The van der Waals surface area contributed by atoms with Crippen LogP contribution in [0.5, 0.6) is 0 Å². The average Bonchev–Trinajstić information content (AvgIpc) is 3.64. The maximum atomic E-state index is 5.29. The first-order valence-corrected chi connectivity index (χ1v) is 15.8. The lowest BCUT2D eigenvalue weighted by atomic mass is 9.86. The minimum atomic E-state index is 0.0613. The predicted molar refractivity (Wildman–Crippen MR) is 183 cm³/mol. The molecule has 0 N–H and O–H groups in total. The number of anilines is 2. The lowest BCUT2D eigenvalue weighted by Crippen LogP contribution is -2.31. The number of hydrogen-bond acceptors (Lipinski definition) is 4. The zero-order valence-electron chi connectivity index (χ0n) is 23.8. The highest BCUT2D eigenvalue weighted by Gasteiger charge is 2.44. The van der Waals surface area contributed by atoms with Crippen LogP contribution in [-0.4, -0.2) is 16.0 Å². The van der Waals surface area contributed by atoms with E-state index in [1.54, 1.807) is 0 Å². The zero-order valence-corrected chi connectivity index (χ0v) is 24.7. The van der Waals surface area contributed by atoms with Crippen molar-refractivity contribution >= 4 is 39.1 Å². The number of benzene rings is 5. The van der Waals surface area contributed by atoms with E-state index in [0.29, 0.717) is 0 Å². The molecule has 0 saturated carbocycles. The highest BCUT2D eigenvalue weighted by atomic mass is 32.1. The Morgan fingerprint density at radius 1 is 0.568 bits per heavy atom. The Balaban J connectivity index is 1.29. The van der Waals surface area contributed by atoms with Crippen molar-refractivity contribution in [2.45, 2.75) is 12.0 Å². The summed E-state index contributed by atoms with van der Waals surface area (Å²) in [7, 11) is 0. The molecule has 208 valence electrons. The van der Waals surface area contributed by atoms with Crippen molar-refractivity contribution in [2.24, 2.45) is 0 Å². The van der Waals surface area contributed by atoms with E-state index in [0.717, 1.165) is 28.5 Å². The third-order valence-corrected chi connectivity index (χ3v) is 10.1. The van der Waals surface area contributed by atoms with Gasteiger partial charge >= 0.3 is 0 Å². The molecule has 2 aromatic heterocycles. The second-order valence-corrected chi connectivity index (χ2v) is 12.5. The fourth-order valence-electron chi connectivity index (χ4n) is 6.79. The topological polar surface area (TPSA) is 29.0 Å². The van der Waals surface area contributed by atoms with Crippen LogP contribution in [0.25, 0.3) is 49.8 Å². The number of nitrogens with zero attached hydrogens (tertiary/aromatic N) is 3. The van der Waals surface area contributed by atoms with Crippen LogP contribution in [0, 0.1) is 0 Å². The molecule has 2 aliphatic rings. The van der Waals surface area contributed by atoms with Gasteiger partial charge in [0.05, 0.1) is 17.4 Å². The summed E-state index contributed by atoms with van der Waals surface area (Å²) in [4.78, 5) is 14.4. The largest absolute Gasteiger partial charge is 0.302 e. The fraction of sp³-hybridized carbons (Fsp3) is 0.0500. The van der Waals surface area contributed by atoms with Gasteiger partial charge < -0.3 is 4.90 Å². The smallest absolute Gasteiger partial charge is 0.231 e. The summed E-state index contributed by atoms with van der Waals surface area (Å²) >= 11 is 1.92. The Labute approximate surface area is 260 Å². The van der Waals surface area contributed by atoms with E-state index in [2.05, 4.69) is 144 Å². The van der Waals surface area contributed by atoms with Crippen molar-refractivity contribution in [3.63, 3.8) is 0 Å². The molecule has 9 rings (SSSR count). The van der Waals surface area contributed by atoms with E-state index in [1.807, 2.05) is 23.5 Å². The molecule has 0 radical (unpaired) electrons. The number of aromatic nitrogens is 2. The minimum absolute atomic E-state index is 0.0613. The molecule has 0 amide bonds. The summed E-state index contributed by atoms with van der Waals surface area (Å²) in [5.41, 5.74) is 10.2. The molecule has 0 bridgehead atoms. The van der Waals surface area contributed by atoms with Crippen molar-refractivity contribution in [1.29, 1.82) is 0 Å². The van der Waals surface area contributed by atoms with E-state index >= 15 is 0 Å². The normalized spacial score (nSPS) is 16.5. The average molecular weight is 582 g/mol. The SMILES string of the molecule is C1=CC2C(c3ccc(-c4ccccc4)cc3N2c2nc(-c3ccccc3)cc(-c3ccccc3)n2)c2sc3ccccc3c21. The van der Waals surface area contributed by atoms with Crippen LogP contribution in [-0.2, 0) is 0 Å². The Hall–Kier alpha value is -5.32. The van der Waals surface area contributed by atoms with Crippen molar-refractivity contribution < 1.29 is 0 Å². The molecule has 44 heavy (non-hydrogen) atoms. The van der Waals surface area contributed by atoms with Gasteiger partial charge in [-0.05, 0) is 45.8 Å². The number of thiophene rings is 1. The first kappa shape index (κ1) is 25.2. The maximum Gasteiger partial charge on any atom is 0.231 e. The molecule has 0 spiro atoms. The van der Waals surface area contributed by atoms with Crippen molar-refractivity contribution in [1.82, 2.24) is 9.97 Å². The van der Waals surface area contributed by atoms with Gasteiger partial charge in [0.25, 0.3) is 0 Å². The Kier molecular flexibility index (Phi) is 5.81. The summed E-state index contributed by atoms with van der Waals surface area (Å²) < 4.78 is 1.33. The van der Waals surface area contributed by atoms with E-state index in [-0.39, 0.29) is 12.0 Å². The van der Waals surface area contributed by atoms with Gasteiger partial charge in [-0.3, -0.25) is 0 Å². The van der Waals surface area contributed by atoms with Crippen LogP contribution in [0.2, 0.25) is 0 Å². The minimum Gasteiger partial charge on any atom is -0.302 e. The molecule has 2 unspecified atom stereocenters. The summed E-state index contributed by atoms with van der Waals surface area (Å²) in [5.74, 6) is 0.912. The van der Waals surface area contributed by atoms with Crippen molar-refractivity contribution in [3.05, 3.63) is 162 Å². The van der Waals surface area contributed by atoms with Crippen molar-refractivity contribution in [2.75, 3.05) is 4.90 Å².